The van der Waals surface area contributed by atoms with Gasteiger partial charge in [-0.15, -0.1) is 0 Å². The molecule has 0 radical (unpaired) electrons. The smallest absolute Gasteiger partial charge is 1.00 e. The minimum atomic E-state index is -4.09. The van der Waals surface area contributed by atoms with Crippen LogP contribution in [-0.4, -0.2) is 19.6 Å². The van der Waals surface area contributed by atoms with Crippen LogP contribution in [0.4, 0.5) is 0 Å². The third-order valence-electron chi connectivity index (χ3n) is 2.30. The van der Waals surface area contributed by atoms with Crippen LogP contribution in [0.3, 0.4) is 0 Å². The maximum atomic E-state index is 10.7. The molecule has 0 unspecified atom stereocenters. The van der Waals surface area contributed by atoms with Gasteiger partial charge in [0.1, 0.15) is 5.75 Å². The van der Waals surface area contributed by atoms with Crippen LogP contribution < -0.4 is 34.3 Å². The molecule has 16 heavy (non-hydrogen) atoms. The molecule has 1 aliphatic rings. The monoisotopic (exact) mass is 252 g/mol. The van der Waals surface area contributed by atoms with E-state index in [0.29, 0.717) is 18.3 Å². The number of rotatable bonds is 4. The molecule has 1 aromatic rings. The van der Waals surface area contributed by atoms with Crippen molar-refractivity contribution in [2.24, 2.45) is 5.92 Å². The summed E-state index contributed by atoms with van der Waals surface area (Å²) in [5.41, 5.74) is 0. The minimum Gasteiger partial charge on any atom is -1.00 e. The van der Waals surface area contributed by atoms with E-state index < -0.39 is 10.1 Å². The second-order valence-electron chi connectivity index (χ2n) is 3.70. The quantitative estimate of drug-likeness (QED) is 0.542. The van der Waals surface area contributed by atoms with Gasteiger partial charge in [0.15, 0.2) is 0 Å². The standard InChI is InChI=1S/C10H12O4S.Na.H/c11-15(12,13)10-5-3-9(4-6-10)14-7-8-1-2-8;;/h3-6,8H,1-2,7H2,(H,11,12,13);;/q;+1;-1. The first-order valence-electron chi connectivity index (χ1n) is 4.76. The second kappa shape index (κ2) is 5.51. The Bertz CT molecular complexity index is 442. The average Bonchev–Trinajstić information content (AvgIpc) is 2.97. The fourth-order valence-electron chi connectivity index (χ4n) is 1.21. The predicted molar refractivity (Wildman–Crippen MR) is 55.6 cm³/mol. The van der Waals surface area contributed by atoms with Crippen LogP contribution in [0.15, 0.2) is 29.2 Å². The van der Waals surface area contributed by atoms with E-state index >= 15 is 0 Å². The Labute approximate surface area is 119 Å². The molecule has 1 N–H and O–H groups in total. The van der Waals surface area contributed by atoms with Crippen LogP contribution in [0.1, 0.15) is 14.3 Å². The SMILES string of the molecule is O=S(=O)(O)c1ccc(OCC2CC2)cc1.[H-].[Na+]. The Kier molecular flexibility index (Phi) is 4.82. The molecule has 1 aliphatic carbocycles. The molecule has 1 fully saturated rings. The van der Waals surface area contributed by atoms with E-state index in [1.165, 1.54) is 25.0 Å². The first kappa shape index (κ1) is 14.0. The van der Waals surface area contributed by atoms with Gasteiger partial charge in [-0.3, -0.25) is 4.55 Å². The molecule has 0 spiro atoms. The molecule has 0 heterocycles. The largest absolute Gasteiger partial charge is 1.00 e. The van der Waals surface area contributed by atoms with E-state index in [-0.39, 0.29) is 35.9 Å². The van der Waals surface area contributed by atoms with Gasteiger partial charge in [0, 0.05) is 0 Å². The zero-order valence-corrected chi connectivity index (χ0v) is 11.9. The van der Waals surface area contributed by atoms with E-state index in [2.05, 4.69) is 0 Å². The Morgan fingerprint density at radius 2 is 1.88 bits per heavy atom. The summed E-state index contributed by atoms with van der Waals surface area (Å²) in [6.07, 6.45) is 2.42. The molecule has 84 valence electrons. The normalized spacial score (nSPS) is 15.3. The Morgan fingerprint density at radius 1 is 1.31 bits per heavy atom. The van der Waals surface area contributed by atoms with E-state index in [9.17, 15) is 8.42 Å². The molecular weight excluding hydrogens is 239 g/mol. The van der Waals surface area contributed by atoms with Crippen molar-refractivity contribution in [2.45, 2.75) is 17.7 Å². The maximum absolute atomic E-state index is 10.7. The van der Waals surface area contributed by atoms with E-state index in [1.807, 2.05) is 0 Å². The van der Waals surface area contributed by atoms with Gasteiger partial charge in [0.05, 0.1) is 11.5 Å². The van der Waals surface area contributed by atoms with Crippen LogP contribution in [-0.2, 0) is 10.1 Å². The van der Waals surface area contributed by atoms with E-state index in [4.69, 9.17) is 9.29 Å². The van der Waals surface area contributed by atoms with Crippen LogP contribution in [0.5, 0.6) is 5.75 Å². The summed E-state index contributed by atoms with van der Waals surface area (Å²) >= 11 is 0. The van der Waals surface area contributed by atoms with Crippen molar-refractivity contribution in [2.75, 3.05) is 6.61 Å². The zero-order chi connectivity index (χ0) is 10.9. The summed E-state index contributed by atoms with van der Waals surface area (Å²) in [4.78, 5) is -0.110. The van der Waals surface area contributed by atoms with E-state index in [1.54, 1.807) is 12.1 Å². The van der Waals surface area contributed by atoms with Crippen LogP contribution >= 0.6 is 0 Å². The molecule has 0 amide bonds. The van der Waals surface area contributed by atoms with Crippen molar-refractivity contribution in [1.29, 1.82) is 0 Å². The number of hydrogen-bond acceptors (Lipinski definition) is 3. The molecule has 4 nitrogen and oxygen atoms in total. The maximum Gasteiger partial charge on any atom is 1.00 e. The van der Waals surface area contributed by atoms with Gasteiger partial charge in [-0.1, -0.05) is 0 Å². The summed E-state index contributed by atoms with van der Waals surface area (Å²) < 4.78 is 35.6. The summed E-state index contributed by atoms with van der Waals surface area (Å²) in [6, 6.07) is 5.76. The van der Waals surface area contributed by atoms with Gasteiger partial charge in [0.25, 0.3) is 10.1 Å². The van der Waals surface area contributed by atoms with Gasteiger partial charge < -0.3 is 6.16 Å². The second-order valence-corrected chi connectivity index (χ2v) is 5.12. The molecule has 0 saturated heterocycles. The summed E-state index contributed by atoms with van der Waals surface area (Å²) in [5.74, 6) is 1.29. The molecule has 0 aliphatic heterocycles. The van der Waals surface area contributed by atoms with Crippen molar-refractivity contribution in [3.8, 4) is 5.75 Å². The van der Waals surface area contributed by atoms with Crippen molar-refractivity contribution < 1.29 is 48.7 Å². The van der Waals surface area contributed by atoms with Crippen LogP contribution in [0.25, 0.3) is 0 Å². The molecule has 2 rings (SSSR count). The summed E-state index contributed by atoms with van der Waals surface area (Å²) in [6.45, 7) is 0.686. The first-order chi connectivity index (χ1) is 7.05. The average molecular weight is 252 g/mol. The number of benzene rings is 1. The zero-order valence-electron chi connectivity index (χ0n) is 10.1. The molecule has 0 bridgehead atoms. The summed E-state index contributed by atoms with van der Waals surface area (Å²) in [7, 11) is -4.09. The van der Waals surface area contributed by atoms with Crippen molar-refractivity contribution in [3.63, 3.8) is 0 Å². The minimum absolute atomic E-state index is 0. The number of hydrogen-bond donors (Lipinski definition) is 1. The molecular formula is C10H13NaO4S. The van der Waals surface area contributed by atoms with Gasteiger partial charge in [-0.25, -0.2) is 0 Å². The molecule has 1 aromatic carbocycles. The van der Waals surface area contributed by atoms with Crippen molar-refractivity contribution >= 4 is 10.1 Å². The Hall–Kier alpha value is -0.0700. The predicted octanol–water partition coefficient (Wildman–Crippen LogP) is -1.16. The molecule has 0 aromatic heterocycles. The molecule has 6 heteroatoms. The molecule has 1 saturated carbocycles. The topological polar surface area (TPSA) is 63.6 Å². The van der Waals surface area contributed by atoms with Gasteiger partial charge in [0.2, 0.25) is 0 Å². The van der Waals surface area contributed by atoms with Gasteiger partial charge >= 0.3 is 29.6 Å². The van der Waals surface area contributed by atoms with Crippen LogP contribution in [0.2, 0.25) is 0 Å². The Balaban J connectivity index is 0.00000128. The fourth-order valence-corrected chi connectivity index (χ4v) is 1.69. The van der Waals surface area contributed by atoms with Crippen molar-refractivity contribution in [1.82, 2.24) is 0 Å². The Morgan fingerprint density at radius 3 is 2.31 bits per heavy atom. The summed E-state index contributed by atoms with van der Waals surface area (Å²) in [5, 5.41) is 0. The van der Waals surface area contributed by atoms with E-state index in [0.717, 1.165) is 0 Å². The molecule has 0 atom stereocenters. The fraction of sp³-hybridized carbons (Fsp3) is 0.400. The third kappa shape index (κ3) is 4.07. The van der Waals surface area contributed by atoms with Gasteiger partial charge in [-0.2, -0.15) is 8.42 Å². The van der Waals surface area contributed by atoms with Gasteiger partial charge in [-0.05, 0) is 43.0 Å². The first-order valence-corrected chi connectivity index (χ1v) is 6.20. The van der Waals surface area contributed by atoms with Crippen molar-refractivity contribution in [3.05, 3.63) is 24.3 Å². The third-order valence-corrected chi connectivity index (χ3v) is 3.17. The van der Waals surface area contributed by atoms with Crippen LogP contribution in [0, 0.1) is 5.92 Å². The number of ether oxygens (including phenoxy) is 1.